The molecule has 0 spiro atoms. The predicted octanol–water partition coefficient (Wildman–Crippen LogP) is 4.40. The highest BCUT2D eigenvalue weighted by atomic mass is 32.2. The van der Waals surface area contributed by atoms with Crippen molar-refractivity contribution in [1.82, 2.24) is 15.2 Å². The fourth-order valence-corrected chi connectivity index (χ4v) is 4.33. The number of carbonyl (C=O) groups is 2. The van der Waals surface area contributed by atoms with Crippen LogP contribution < -0.4 is 5.32 Å². The van der Waals surface area contributed by atoms with Crippen LogP contribution >= 0.6 is 23.1 Å². The number of hydrogen-bond acceptors (Lipinski definition) is 8. The number of anilines is 1. The topological polar surface area (TPSA) is 98.0 Å². The van der Waals surface area contributed by atoms with Gasteiger partial charge in [0.25, 0.3) is 5.22 Å². The number of Topliss-reactive ketones (excluding diaryl/α,β-unsaturated/α-hetero) is 1. The Morgan fingerprint density at radius 2 is 1.97 bits per heavy atom. The summed E-state index contributed by atoms with van der Waals surface area (Å²) in [6.45, 7) is 1.49. The van der Waals surface area contributed by atoms with Gasteiger partial charge in [0.05, 0.1) is 21.0 Å². The lowest BCUT2D eigenvalue weighted by Gasteiger charge is -2.05. The number of benzene rings is 2. The summed E-state index contributed by atoms with van der Waals surface area (Å²) in [5, 5.41) is 12.2. The van der Waals surface area contributed by atoms with Crippen molar-refractivity contribution >= 4 is 50.7 Å². The maximum absolute atomic E-state index is 12.2. The largest absolute Gasteiger partial charge is 0.416 e. The third-order valence-electron chi connectivity index (χ3n) is 4.22. The van der Waals surface area contributed by atoms with E-state index in [1.165, 1.54) is 18.7 Å². The van der Waals surface area contributed by atoms with Crippen molar-refractivity contribution in [2.45, 2.75) is 25.0 Å². The first-order valence-electron chi connectivity index (χ1n) is 9.27. The van der Waals surface area contributed by atoms with Crippen molar-refractivity contribution in [1.29, 1.82) is 0 Å². The van der Waals surface area contributed by atoms with Gasteiger partial charge in [-0.15, -0.1) is 21.5 Å². The molecule has 0 atom stereocenters. The lowest BCUT2D eigenvalue weighted by Crippen LogP contribution is -2.14. The van der Waals surface area contributed by atoms with E-state index in [2.05, 4.69) is 26.6 Å². The summed E-state index contributed by atoms with van der Waals surface area (Å²) in [5.74, 6) is 0.384. The van der Waals surface area contributed by atoms with Gasteiger partial charge < -0.3 is 9.73 Å². The van der Waals surface area contributed by atoms with Crippen LogP contribution in [-0.4, -0.2) is 32.6 Å². The molecule has 0 bridgehead atoms. The Hall–Kier alpha value is -3.04. The Morgan fingerprint density at radius 3 is 2.80 bits per heavy atom. The number of thioether (sulfide) groups is 1. The molecule has 1 amide bonds. The number of thiazole rings is 1. The summed E-state index contributed by atoms with van der Waals surface area (Å²) >= 11 is 2.83. The number of aryl methyl sites for hydroxylation is 2. The minimum atomic E-state index is -0.213. The van der Waals surface area contributed by atoms with Gasteiger partial charge in [-0.3, -0.25) is 9.59 Å². The van der Waals surface area contributed by atoms with Gasteiger partial charge in [0.2, 0.25) is 11.8 Å². The van der Waals surface area contributed by atoms with Gasteiger partial charge in [-0.1, -0.05) is 36.0 Å². The zero-order valence-corrected chi connectivity index (χ0v) is 17.8. The maximum Gasteiger partial charge on any atom is 0.277 e. The molecule has 4 aromatic rings. The number of nitrogens with zero attached hydrogens (tertiary/aromatic N) is 3. The molecule has 152 valence electrons. The molecule has 4 rings (SSSR count). The minimum Gasteiger partial charge on any atom is -0.416 e. The first kappa shape index (κ1) is 20.2. The molecule has 9 heteroatoms. The van der Waals surface area contributed by atoms with E-state index in [-0.39, 0.29) is 17.4 Å². The van der Waals surface area contributed by atoms with E-state index < -0.39 is 0 Å². The zero-order chi connectivity index (χ0) is 20.9. The molecule has 2 aromatic heterocycles. The fraction of sp³-hybridized carbons (Fsp3) is 0.190. The van der Waals surface area contributed by atoms with Gasteiger partial charge >= 0.3 is 0 Å². The third kappa shape index (κ3) is 5.11. The van der Waals surface area contributed by atoms with Crippen LogP contribution in [0.4, 0.5) is 5.69 Å². The Labute approximate surface area is 180 Å². The highest BCUT2D eigenvalue weighted by Gasteiger charge is 2.12. The minimum absolute atomic E-state index is 0.0512. The van der Waals surface area contributed by atoms with Crippen molar-refractivity contribution < 1.29 is 14.0 Å². The van der Waals surface area contributed by atoms with Crippen molar-refractivity contribution in [2.75, 3.05) is 11.1 Å². The normalized spacial score (nSPS) is 11.0. The number of aromatic nitrogens is 3. The predicted molar refractivity (Wildman–Crippen MR) is 117 cm³/mol. The second kappa shape index (κ2) is 9.19. The highest BCUT2D eigenvalue weighted by molar-refractivity contribution is 7.99. The van der Waals surface area contributed by atoms with Gasteiger partial charge in [-0.2, -0.15) is 0 Å². The molecule has 0 radical (unpaired) electrons. The van der Waals surface area contributed by atoms with E-state index in [0.29, 0.717) is 28.8 Å². The fourth-order valence-electron chi connectivity index (χ4n) is 2.78. The van der Waals surface area contributed by atoms with Gasteiger partial charge in [0.15, 0.2) is 5.78 Å². The van der Waals surface area contributed by atoms with Crippen LogP contribution in [0, 0.1) is 0 Å². The molecule has 0 fully saturated rings. The molecule has 7 nitrogen and oxygen atoms in total. The van der Waals surface area contributed by atoms with Crippen LogP contribution in [0.25, 0.3) is 10.2 Å². The number of rotatable bonds is 8. The summed E-state index contributed by atoms with van der Waals surface area (Å²) in [7, 11) is 0. The summed E-state index contributed by atoms with van der Waals surface area (Å²) < 4.78 is 6.78. The van der Waals surface area contributed by atoms with E-state index in [9.17, 15) is 9.59 Å². The lowest BCUT2D eigenvalue weighted by molar-refractivity contribution is -0.113. The monoisotopic (exact) mass is 438 g/mol. The Bertz CT molecular complexity index is 1170. The van der Waals surface area contributed by atoms with Crippen LogP contribution in [0.3, 0.4) is 0 Å². The Balaban J connectivity index is 1.27. The summed E-state index contributed by atoms with van der Waals surface area (Å²) in [5.41, 5.74) is 2.13. The lowest BCUT2D eigenvalue weighted by atomic mass is 10.1. The van der Waals surface area contributed by atoms with Crippen molar-refractivity contribution in [3.8, 4) is 0 Å². The molecular weight excluding hydrogens is 420 g/mol. The average Bonchev–Trinajstić information content (AvgIpc) is 3.37. The molecule has 0 aliphatic rings. The molecule has 1 N–H and O–H groups in total. The van der Waals surface area contributed by atoms with Gasteiger partial charge in [0, 0.05) is 24.1 Å². The van der Waals surface area contributed by atoms with Crippen LogP contribution in [0.2, 0.25) is 0 Å². The maximum atomic E-state index is 12.2. The van der Waals surface area contributed by atoms with Crippen LogP contribution in [0.1, 0.15) is 28.2 Å². The van der Waals surface area contributed by atoms with Crippen molar-refractivity contribution in [3.63, 3.8) is 0 Å². The van der Waals surface area contributed by atoms with Crippen molar-refractivity contribution in [3.05, 3.63) is 65.0 Å². The van der Waals surface area contributed by atoms with Gasteiger partial charge in [-0.25, -0.2) is 4.98 Å². The molecule has 0 unspecified atom stereocenters. The molecule has 0 saturated carbocycles. The summed E-state index contributed by atoms with van der Waals surface area (Å²) in [6.07, 6.45) is 1.32. The number of amides is 1. The number of hydrogen-bond donors (Lipinski definition) is 1. The number of para-hydroxylation sites is 1. The molecule has 30 heavy (non-hydrogen) atoms. The number of ketones is 1. The number of carbonyl (C=O) groups excluding carboxylic acids is 2. The van der Waals surface area contributed by atoms with E-state index >= 15 is 0 Å². The highest BCUT2D eigenvalue weighted by Crippen LogP contribution is 2.23. The van der Waals surface area contributed by atoms with Crippen molar-refractivity contribution in [2.24, 2.45) is 0 Å². The standard InChI is InChI=1S/C21H18N4O3S2/c1-13(26)14-5-4-6-15(11-14)22-18(27)12-29-21-25-24-19(28-21)9-10-20-23-16-7-2-3-8-17(16)30-20/h2-8,11H,9-10,12H2,1H3,(H,22,27). The Kier molecular flexibility index (Phi) is 6.20. The molecule has 0 aliphatic heterocycles. The summed E-state index contributed by atoms with van der Waals surface area (Å²) in [4.78, 5) is 28.2. The van der Waals surface area contributed by atoms with Crippen LogP contribution in [-0.2, 0) is 17.6 Å². The van der Waals surface area contributed by atoms with E-state index in [1.54, 1.807) is 35.6 Å². The second-order valence-corrected chi connectivity index (χ2v) is 8.55. The first-order chi connectivity index (χ1) is 14.6. The van der Waals surface area contributed by atoms with E-state index in [1.807, 2.05) is 18.2 Å². The van der Waals surface area contributed by atoms with E-state index in [0.717, 1.165) is 21.6 Å². The van der Waals surface area contributed by atoms with E-state index in [4.69, 9.17) is 4.42 Å². The average molecular weight is 439 g/mol. The zero-order valence-electron chi connectivity index (χ0n) is 16.1. The second-order valence-electron chi connectivity index (χ2n) is 6.51. The summed E-state index contributed by atoms with van der Waals surface area (Å²) in [6, 6.07) is 14.9. The molecule has 2 aromatic carbocycles. The smallest absolute Gasteiger partial charge is 0.277 e. The molecule has 0 aliphatic carbocycles. The molecule has 2 heterocycles. The third-order valence-corrected chi connectivity index (χ3v) is 6.13. The Morgan fingerprint density at radius 1 is 1.10 bits per heavy atom. The number of fused-ring (bicyclic) bond motifs is 1. The van der Waals surface area contributed by atoms with Gasteiger partial charge in [0.1, 0.15) is 0 Å². The van der Waals surface area contributed by atoms with Gasteiger partial charge in [-0.05, 0) is 31.2 Å². The SMILES string of the molecule is CC(=O)c1cccc(NC(=O)CSc2nnc(CCc3nc4ccccc4s3)o2)c1. The quantitative estimate of drug-likeness (QED) is 0.322. The first-order valence-corrected chi connectivity index (χ1v) is 11.1. The molecular formula is C21H18N4O3S2. The number of nitrogens with one attached hydrogen (secondary N) is 1. The molecule has 0 saturated heterocycles. The van der Waals surface area contributed by atoms with Crippen LogP contribution in [0.5, 0.6) is 0 Å². The van der Waals surface area contributed by atoms with Crippen LogP contribution in [0.15, 0.2) is 58.2 Å².